The van der Waals surface area contributed by atoms with Crippen LogP contribution in [0, 0.1) is 18.6 Å². The van der Waals surface area contributed by atoms with Gasteiger partial charge in [-0.15, -0.1) is 0 Å². The van der Waals surface area contributed by atoms with E-state index in [4.69, 9.17) is 0 Å². The molecular weight excluding hydrogens is 464 g/mol. The number of aliphatic hydroxyl groups excluding tert-OH is 1. The lowest BCUT2D eigenvalue weighted by molar-refractivity contribution is 0.0668. The van der Waals surface area contributed by atoms with Gasteiger partial charge in [-0.2, -0.15) is 0 Å². The Balaban J connectivity index is 1.38. The molecule has 1 saturated heterocycles. The van der Waals surface area contributed by atoms with Crippen molar-refractivity contribution in [2.45, 2.75) is 52.3 Å². The van der Waals surface area contributed by atoms with Crippen LogP contribution in [0.25, 0.3) is 22.3 Å². The number of pyridine rings is 1. The first-order chi connectivity index (χ1) is 17.3. The number of piperidine rings is 1. The third-order valence-electron chi connectivity index (χ3n) is 6.41. The summed E-state index contributed by atoms with van der Waals surface area (Å²) in [5.41, 5.74) is 2.15. The Morgan fingerprint density at radius 3 is 2.67 bits per heavy atom. The second-order valence-electron chi connectivity index (χ2n) is 9.55. The molecule has 0 unspecified atom stereocenters. The van der Waals surface area contributed by atoms with E-state index in [-0.39, 0.29) is 29.3 Å². The molecule has 1 aromatic carbocycles. The van der Waals surface area contributed by atoms with Crippen molar-refractivity contribution in [2.75, 3.05) is 18.4 Å². The lowest BCUT2D eigenvalue weighted by Gasteiger charge is -2.29. The third kappa shape index (κ3) is 4.91. The summed E-state index contributed by atoms with van der Waals surface area (Å²) < 4.78 is 31.6. The van der Waals surface area contributed by atoms with Crippen molar-refractivity contribution in [3.63, 3.8) is 0 Å². The molecule has 188 valence electrons. The van der Waals surface area contributed by atoms with Gasteiger partial charge in [0.05, 0.1) is 17.8 Å². The van der Waals surface area contributed by atoms with Gasteiger partial charge in [0.15, 0.2) is 11.6 Å². The molecule has 0 bridgehead atoms. The fourth-order valence-corrected chi connectivity index (χ4v) is 4.83. The number of hydrogen-bond acceptors (Lipinski definition) is 7. The smallest absolute Gasteiger partial charge is 0.229 e. The number of nitrogens with one attached hydrogen (secondary N) is 1. The number of nitrogens with zero attached hydrogens (tertiary/aromatic N) is 6. The summed E-state index contributed by atoms with van der Waals surface area (Å²) in [5.74, 6) is 0.159. The summed E-state index contributed by atoms with van der Waals surface area (Å²) in [6, 6.07) is 6.76. The second kappa shape index (κ2) is 9.87. The van der Waals surface area contributed by atoms with Crippen molar-refractivity contribution < 1.29 is 13.9 Å². The number of rotatable bonds is 6. The average molecular weight is 494 g/mol. The molecule has 1 aliphatic rings. The summed E-state index contributed by atoms with van der Waals surface area (Å²) in [6.07, 6.45) is 4.37. The molecule has 1 aliphatic heterocycles. The number of halogens is 2. The number of aryl methyl sites for hydroxylation is 1. The van der Waals surface area contributed by atoms with E-state index >= 15 is 0 Å². The van der Waals surface area contributed by atoms with E-state index in [1.807, 2.05) is 31.4 Å². The average Bonchev–Trinajstić information content (AvgIpc) is 3.18. The van der Waals surface area contributed by atoms with Crippen LogP contribution in [0.4, 0.5) is 20.5 Å². The van der Waals surface area contributed by atoms with Gasteiger partial charge in [0.2, 0.25) is 5.95 Å². The zero-order valence-corrected chi connectivity index (χ0v) is 20.5. The van der Waals surface area contributed by atoms with Crippen LogP contribution < -0.4 is 5.32 Å². The number of imidazole rings is 1. The number of β-amino-alcohol motifs (C(OH)–C–C–N with tert-alkyl or cyclic N) is 1. The summed E-state index contributed by atoms with van der Waals surface area (Å²) in [4.78, 5) is 19.3. The first-order valence-corrected chi connectivity index (χ1v) is 12.1. The minimum Gasteiger partial charge on any atom is -0.392 e. The van der Waals surface area contributed by atoms with Crippen LogP contribution in [-0.4, -0.2) is 53.7 Å². The predicted octanol–water partition coefficient (Wildman–Crippen LogP) is 4.76. The number of hydrogen-bond donors (Lipinski definition) is 2. The Morgan fingerprint density at radius 2 is 1.94 bits per heavy atom. The summed E-state index contributed by atoms with van der Waals surface area (Å²) in [7, 11) is 0. The van der Waals surface area contributed by atoms with E-state index in [0.29, 0.717) is 35.8 Å². The van der Waals surface area contributed by atoms with E-state index in [0.717, 1.165) is 31.1 Å². The van der Waals surface area contributed by atoms with Crippen molar-refractivity contribution in [3.8, 4) is 11.3 Å². The zero-order chi connectivity index (χ0) is 25.4. The maximum Gasteiger partial charge on any atom is 0.229 e. The summed E-state index contributed by atoms with van der Waals surface area (Å²) >= 11 is 0. The standard InChI is InChI=1S/C26H29F2N7O/c1-15(2)35-16(3)31-25-20(27)9-18(10-22(25)35)24-21(28)12-30-26(33-24)32-23-7-6-17(11-29-23)13-34-8-4-5-19(36)14-34/h6-7,9-12,15,19,36H,4-5,8,13-14H2,1-3H3,(H,29,30,32,33)/t19-/m1/s1. The van der Waals surface area contributed by atoms with Crippen molar-refractivity contribution in [1.82, 2.24) is 29.4 Å². The van der Waals surface area contributed by atoms with Gasteiger partial charge in [-0.3, -0.25) is 4.90 Å². The molecule has 0 aliphatic carbocycles. The molecule has 36 heavy (non-hydrogen) atoms. The maximum atomic E-state index is 14.9. The quantitative estimate of drug-likeness (QED) is 0.400. The van der Waals surface area contributed by atoms with E-state index in [2.05, 4.69) is 30.2 Å². The molecule has 1 fully saturated rings. The molecule has 2 N–H and O–H groups in total. The highest BCUT2D eigenvalue weighted by atomic mass is 19.1. The number of fused-ring (bicyclic) bond motifs is 1. The first-order valence-electron chi connectivity index (χ1n) is 12.1. The summed E-state index contributed by atoms with van der Waals surface area (Å²) in [6.45, 7) is 8.12. The lowest BCUT2D eigenvalue weighted by Crippen LogP contribution is -2.37. The van der Waals surface area contributed by atoms with Crippen molar-refractivity contribution in [3.05, 3.63) is 59.7 Å². The van der Waals surface area contributed by atoms with Gasteiger partial charge in [0, 0.05) is 30.9 Å². The molecule has 8 nitrogen and oxygen atoms in total. The Morgan fingerprint density at radius 1 is 1.11 bits per heavy atom. The Bertz CT molecular complexity index is 1390. The first kappa shape index (κ1) is 24.2. The van der Waals surface area contributed by atoms with Crippen molar-refractivity contribution in [2.24, 2.45) is 0 Å². The largest absolute Gasteiger partial charge is 0.392 e. The van der Waals surface area contributed by atoms with Gasteiger partial charge in [-0.1, -0.05) is 6.07 Å². The number of anilines is 2. The van der Waals surface area contributed by atoms with Crippen LogP contribution in [0.5, 0.6) is 0 Å². The molecule has 5 rings (SSSR count). The van der Waals surface area contributed by atoms with Gasteiger partial charge < -0.3 is 15.0 Å². The molecule has 4 aromatic rings. The SMILES string of the molecule is Cc1nc2c(F)cc(-c3nc(Nc4ccc(CN5CCC[C@@H](O)C5)cn4)ncc3F)cc2n1C(C)C. The van der Waals surface area contributed by atoms with Gasteiger partial charge in [-0.25, -0.2) is 28.7 Å². The van der Waals surface area contributed by atoms with Gasteiger partial charge in [-0.05, 0) is 63.9 Å². The van der Waals surface area contributed by atoms with Gasteiger partial charge in [0.1, 0.15) is 22.9 Å². The molecule has 10 heteroatoms. The number of aromatic nitrogens is 5. The van der Waals surface area contributed by atoms with Crippen LogP contribution in [-0.2, 0) is 6.54 Å². The van der Waals surface area contributed by atoms with Crippen LogP contribution in [0.2, 0.25) is 0 Å². The number of benzene rings is 1. The van der Waals surface area contributed by atoms with Crippen LogP contribution in [0.1, 0.15) is 44.1 Å². The van der Waals surface area contributed by atoms with Crippen molar-refractivity contribution in [1.29, 1.82) is 0 Å². The van der Waals surface area contributed by atoms with Gasteiger partial charge in [0.25, 0.3) is 0 Å². The van der Waals surface area contributed by atoms with E-state index < -0.39 is 11.6 Å². The minimum atomic E-state index is -0.654. The third-order valence-corrected chi connectivity index (χ3v) is 6.41. The maximum absolute atomic E-state index is 14.9. The highest BCUT2D eigenvalue weighted by Crippen LogP contribution is 2.30. The molecule has 0 spiro atoms. The molecule has 0 amide bonds. The Kier molecular flexibility index (Phi) is 6.63. The lowest BCUT2D eigenvalue weighted by atomic mass is 10.1. The number of likely N-dealkylation sites (tertiary alicyclic amines) is 1. The van der Waals surface area contributed by atoms with Crippen molar-refractivity contribution >= 4 is 22.8 Å². The molecule has 4 heterocycles. The van der Waals surface area contributed by atoms with Crippen LogP contribution in [0.3, 0.4) is 0 Å². The second-order valence-corrected chi connectivity index (χ2v) is 9.55. The van der Waals surface area contributed by atoms with Gasteiger partial charge >= 0.3 is 0 Å². The highest BCUT2D eigenvalue weighted by molar-refractivity contribution is 5.83. The normalized spacial score (nSPS) is 16.7. The Hall–Kier alpha value is -3.50. The minimum absolute atomic E-state index is 0.0114. The predicted molar refractivity (Wildman–Crippen MR) is 134 cm³/mol. The van der Waals surface area contributed by atoms with E-state index in [1.54, 1.807) is 18.3 Å². The van der Waals surface area contributed by atoms with E-state index in [1.165, 1.54) is 6.07 Å². The summed E-state index contributed by atoms with van der Waals surface area (Å²) in [5, 5.41) is 12.9. The van der Waals surface area contributed by atoms with Crippen LogP contribution in [0.15, 0.2) is 36.7 Å². The fraction of sp³-hybridized carbons (Fsp3) is 0.385. The fourth-order valence-electron chi connectivity index (χ4n) is 4.83. The van der Waals surface area contributed by atoms with E-state index in [9.17, 15) is 13.9 Å². The molecule has 0 radical (unpaired) electrons. The topological polar surface area (TPSA) is 92.0 Å². The highest BCUT2D eigenvalue weighted by Gasteiger charge is 2.19. The Labute approximate surface area is 208 Å². The molecule has 0 saturated carbocycles. The number of aliphatic hydroxyl groups is 1. The van der Waals surface area contributed by atoms with Crippen LogP contribution >= 0.6 is 0 Å². The zero-order valence-electron chi connectivity index (χ0n) is 20.5. The molecular formula is C26H29F2N7O. The molecule has 3 aromatic heterocycles. The monoisotopic (exact) mass is 493 g/mol. The molecule has 1 atom stereocenters.